The summed E-state index contributed by atoms with van der Waals surface area (Å²) < 4.78 is 7.93. The minimum atomic E-state index is -0.393. The lowest BCUT2D eigenvalue weighted by Crippen LogP contribution is -2.36. The van der Waals surface area contributed by atoms with Crippen LogP contribution >= 0.6 is 0 Å². The van der Waals surface area contributed by atoms with E-state index in [9.17, 15) is 4.79 Å². The first kappa shape index (κ1) is 23.6. The van der Waals surface area contributed by atoms with Gasteiger partial charge in [-0.25, -0.2) is 9.78 Å². The summed E-state index contributed by atoms with van der Waals surface area (Å²) >= 11 is 0. The van der Waals surface area contributed by atoms with Crippen LogP contribution in [0.2, 0.25) is 0 Å². The fraction of sp³-hybridized carbons (Fsp3) is 0.310. The number of anilines is 1. The number of ether oxygens (including phenoxy) is 1. The predicted molar refractivity (Wildman–Crippen MR) is 139 cm³/mol. The van der Waals surface area contributed by atoms with Gasteiger partial charge in [0.25, 0.3) is 0 Å². The topological polar surface area (TPSA) is 55.6 Å². The minimum absolute atomic E-state index is 0.150. The van der Waals surface area contributed by atoms with E-state index in [2.05, 4.69) is 63.4 Å². The highest BCUT2D eigenvalue weighted by molar-refractivity contribution is 5.92. The minimum Gasteiger partial charge on any atom is -0.422 e. The molecular weight excluding hydrogens is 422 g/mol. The van der Waals surface area contributed by atoms with E-state index in [4.69, 9.17) is 9.72 Å². The molecule has 5 nitrogen and oxygen atoms in total. The van der Waals surface area contributed by atoms with E-state index in [1.165, 1.54) is 0 Å². The number of carbonyl (C=O) groups excluding carboxylic acids is 1. The third kappa shape index (κ3) is 5.30. The van der Waals surface area contributed by atoms with Gasteiger partial charge in [0.15, 0.2) is 0 Å². The van der Waals surface area contributed by atoms with Crippen molar-refractivity contribution in [2.45, 2.75) is 53.5 Å². The van der Waals surface area contributed by atoms with Crippen LogP contribution in [0.25, 0.3) is 16.9 Å². The van der Waals surface area contributed by atoms with Crippen LogP contribution in [-0.2, 0) is 0 Å². The number of aromatic nitrogens is 2. The monoisotopic (exact) mass is 455 g/mol. The molecule has 2 aromatic heterocycles. The van der Waals surface area contributed by atoms with Crippen molar-refractivity contribution < 1.29 is 9.53 Å². The number of fused-ring (bicyclic) bond motifs is 1. The van der Waals surface area contributed by atoms with Gasteiger partial charge in [0.05, 0.1) is 5.56 Å². The number of para-hydroxylation sites is 1. The Balaban J connectivity index is 1.81. The van der Waals surface area contributed by atoms with Crippen molar-refractivity contribution >= 4 is 17.4 Å². The first-order valence-corrected chi connectivity index (χ1v) is 11.7. The Morgan fingerprint density at radius 3 is 2.35 bits per heavy atom. The largest absolute Gasteiger partial charge is 0.422 e. The van der Waals surface area contributed by atoms with E-state index in [1.807, 2.05) is 48.7 Å². The number of aryl methyl sites for hydroxylation is 1. The van der Waals surface area contributed by atoms with E-state index < -0.39 is 5.97 Å². The number of nitrogens with one attached hydrogen (secondary N) is 1. The highest BCUT2D eigenvalue weighted by Gasteiger charge is 2.29. The lowest BCUT2D eigenvalue weighted by atomic mass is 9.82. The Kier molecular flexibility index (Phi) is 6.22. The Morgan fingerprint density at radius 2 is 1.65 bits per heavy atom. The number of esters is 1. The zero-order valence-corrected chi connectivity index (χ0v) is 20.8. The Morgan fingerprint density at radius 1 is 0.971 bits per heavy atom. The van der Waals surface area contributed by atoms with Crippen LogP contribution in [-0.4, -0.2) is 20.9 Å². The molecule has 0 spiro atoms. The quantitative estimate of drug-likeness (QED) is 0.248. The molecule has 4 rings (SSSR count). The molecule has 0 bridgehead atoms. The number of hydrogen-bond donors (Lipinski definition) is 1. The molecule has 176 valence electrons. The van der Waals surface area contributed by atoms with E-state index >= 15 is 0 Å². The van der Waals surface area contributed by atoms with E-state index in [1.54, 1.807) is 12.1 Å². The van der Waals surface area contributed by atoms with E-state index in [0.717, 1.165) is 34.7 Å². The van der Waals surface area contributed by atoms with Crippen molar-refractivity contribution in [2.75, 3.05) is 5.32 Å². The molecule has 0 unspecified atom stereocenters. The van der Waals surface area contributed by atoms with Crippen LogP contribution in [0.3, 0.4) is 0 Å². The van der Waals surface area contributed by atoms with Crippen LogP contribution < -0.4 is 10.1 Å². The lowest BCUT2D eigenvalue weighted by Gasteiger charge is -2.34. The highest BCUT2D eigenvalue weighted by atomic mass is 16.5. The van der Waals surface area contributed by atoms with Gasteiger partial charge in [-0.3, -0.25) is 4.40 Å². The Bertz CT molecular complexity index is 1310. The molecule has 0 aliphatic carbocycles. The number of pyridine rings is 1. The Labute approximate surface area is 201 Å². The van der Waals surface area contributed by atoms with Crippen molar-refractivity contribution in [3.63, 3.8) is 0 Å². The summed E-state index contributed by atoms with van der Waals surface area (Å²) in [5.74, 6) is 0.968. The lowest BCUT2D eigenvalue weighted by molar-refractivity contribution is 0.0735. The second-order valence-corrected chi connectivity index (χ2v) is 10.7. The van der Waals surface area contributed by atoms with Crippen LogP contribution in [0, 0.1) is 12.3 Å². The molecule has 0 aliphatic rings. The normalized spacial score (nSPS) is 12.1. The third-order valence-electron chi connectivity index (χ3n) is 5.57. The number of nitrogens with zero attached hydrogens (tertiary/aromatic N) is 2. The molecule has 0 saturated heterocycles. The molecule has 1 N–H and O–H groups in total. The predicted octanol–water partition coefficient (Wildman–Crippen LogP) is 7.16. The molecule has 0 saturated carbocycles. The van der Waals surface area contributed by atoms with Crippen LogP contribution in [0.15, 0.2) is 72.9 Å². The van der Waals surface area contributed by atoms with Gasteiger partial charge in [0.2, 0.25) is 0 Å². The van der Waals surface area contributed by atoms with Crippen LogP contribution in [0.1, 0.15) is 57.0 Å². The molecule has 2 aromatic carbocycles. The van der Waals surface area contributed by atoms with Crippen molar-refractivity contribution in [2.24, 2.45) is 5.41 Å². The first-order valence-electron chi connectivity index (χ1n) is 11.7. The first-order chi connectivity index (χ1) is 16.0. The van der Waals surface area contributed by atoms with Crippen molar-refractivity contribution in [3.05, 3.63) is 84.1 Å². The molecule has 0 aliphatic heterocycles. The van der Waals surface area contributed by atoms with Crippen LogP contribution in [0.4, 0.5) is 5.82 Å². The SMILES string of the molecule is Cc1ccn2c(NC(C)(C)CC(C)(C)C)c(-c3ccccc3OC(=O)c3ccccc3)nc2c1. The number of benzene rings is 2. The van der Waals surface area contributed by atoms with Gasteiger partial charge in [-0.05, 0) is 74.6 Å². The number of rotatable bonds is 6. The summed E-state index contributed by atoms with van der Waals surface area (Å²) in [6.45, 7) is 13.2. The molecule has 5 heteroatoms. The zero-order chi connectivity index (χ0) is 24.5. The van der Waals surface area contributed by atoms with Gasteiger partial charge in [-0.1, -0.05) is 51.1 Å². The maximum atomic E-state index is 12.8. The average molecular weight is 456 g/mol. The van der Waals surface area contributed by atoms with Gasteiger partial charge in [0.1, 0.15) is 22.9 Å². The summed E-state index contributed by atoms with van der Waals surface area (Å²) in [5.41, 5.74) is 3.96. The second kappa shape index (κ2) is 8.98. The molecule has 0 fully saturated rings. The summed E-state index contributed by atoms with van der Waals surface area (Å²) in [7, 11) is 0. The molecule has 2 heterocycles. The molecular formula is C29H33N3O2. The molecule has 4 aromatic rings. The summed E-state index contributed by atoms with van der Waals surface area (Å²) in [4.78, 5) is 17.8. The number of hydrogen-bond acceptors (Lipinski definition) is 4. The molecule has 34 heavy (non-hydrogen) atoms. The smallest absolute Gasteiger partial charge is 0.343 e. The van der Waals surface area contributed by atoms with Crippen molar-refractivity contribution in [1.82, 2.24) is 9.38 Å². The number of imidazole rings is 1. The second-order valence-electron chi connectivity index (χ2n) is 10.7. The van der Waals surface area contributed by atoms with Gasteiger partial charge in [-0.15, -0.1) is 0 Å². The van der Waals surface area contributed by atoms with E-state index in [0.29, 0.717) is 11.3 Å². The molecule has 0 amide bonds. The third-order valence-corrected chi connectivity index (χ3v) is 5.57. The van der Waals surface area contributed by atoms with Crippen molar-refractivity contribution in [3.8, 4) is 17.0 Å². The Hall–Kier alpha value is -3.60. The van der Waals surface area contributed by atoms with Gasteiger partial charge < -0.3 is 10.1 Å². The summed E-state index contributed by atoms with van der Waals surface area (Å²) in [5, 5.41) is 3.76. The summed E-state index contributed by atoms with van der Waals surface area (Å²) in [6.07, 6.45) is 3.00. The maximum absolute atomic E-state index is 12.8. The fourth-order valence-electron chi connectivity index (χ4n) is 4.63. The van der Waals surface area contributed by atoms with Gasteiger partial charge >= 0.3 is 5.97 Å². The van der Waals surface area contributed by atoms with Gasteiger partial charge in [0, 0.05) is 17.3 Å². The fourth-order valence-corrected chi connectivity index (χ4v) is 4.63. The zero-order valence-electron chi connectivity index (χ0n) is 20.8. The highest BCUT2D eigenvalue weighted by Crippen LogP contribution is 2.38. The van der Waals surface area contributed by atoms with Crippen molar-refractivity contribution in [1.29, 1.82) is 0 Å². The molecule has 0 atom stereocenters. The maximum Gasteiger partial charge on any atom is 0.343 e. The van der Waals surface area contributed by atoms with Gasteiger partial charge in [-0.2, -0.15) is 0 Å². The van der Waals surface area contributed by atoms with E-state index in [-0.39, 0.29) is 11.0 Å². The standard InChI is InChI=1S/C29H33N3O2/c1-20-16-17-32-24(18-20)30-25(26(32)31-29(5,6)19-28(2,3)4)22-14-10-11-15-23(22)34-27(33)21-12-8-7-9-13-21/h7-18,31H,19H2,1-6H3. The number of carbonyl (C=O) groups is 1. The molecule has 0 radical (unpaired) electrons. The average Bonchev–Trinajstić information content (AvgIpc) is 3.09. The summed E-state index contributed by atoms with van der Waals surface area (Å²) in [6, 6.07) is 20.7. The van der Waals surface area contributed by atoms with Crippen LogP contribution in [0.5, 0.6) is 5.75 Å².